The highest BCUT2D eigenvalue weighted by molar-refractivity contribution is 5.99. The monoisotopic (exact) mass is 384 g/mol. The summed E-state index contributed by atoms with van der Waals surface area (Å²) in [5.74, 6) is -0.766. The number of amides is 1. The number of fused-ring (bicyclic) bond motifs is 1. The number of rotatable bonds is 6. The van der Waals surface area contributed by atoms with Gasteiger partial charge in [0.15, 0.2) is 0 Å². The van der Waals surface area contributed by atoms with Gasteiger partial charge in [0.05, 0.1) is 6.61 Å². The minimum Gasteiger partial charge on any atom is -0.461 e. The van der Waals surface area contributed by atoms with E-state index in [0.29, 0.717) is 6.54 Å². The van der Waals surface area contributed by atoms with Gasteiger partial charge >= 0.3 is 5.97 Å². The Labute approximate surface area is 160 Å². The smallest absolute Gasteiger partial charge is 0.361 e. The zero-order valence-corrected chi connectivity index (χ0v) is 15.8. The second-order valence-corrected chi connectivity index (χ2v) is 6.22. The number of aromatic nitrogens is 3. The maximum atomic E-state index is 12.9. The van der Waals surface area contributed by atoms with Gasteiger partial charge in [-0.2, -0.15) is 4.98 Å². The lowest BCUT2D eigenvalue weighted by Crippen LogP contribution is -2.35. The van der Waals surface area contributed by atoms with Gasteiger partial charge in [0, 0.05) is 13.6 Å². The predicted octanol–water partition coefficient (Wildman–Crippen LogP) is 1.53. The number of carbonyl (C=O) groups is 2. The van der Waals surface area contributed by atoms with Crippen molar-refractivity contribution < 1.29 is 18.8 Å². The SMILES string of the molecule is CCOC(=O)c1noc2nc(C)n(CC(=O)N(C)Cc3ccccc3)c(=O)c12. The summed E-state index contributed by atoms with van der Waals surface area (Å²) in [4.78, 5) is 43.2. The van der Waals surface area contributed by atoms with E-state index in [1.165, 1.54) is 9.47 Å². The number of aryl methyl sites for hydroxylation is 1. The normalized spacial score (nSPS) is 10.8. The summed E-state index contributed by atoms with van der Waals surface area (Å²) in [6, 6.07) is 9.51. The van der Waals surface area contributed by atoms with E-state index in [9.17, 15) is 14.4 Å². The number of hydrogen-bond donors (Lipinski definition) is 0. The molecule has 0 aliphatic rings. The average molecular weight is 384 g/mol. The van der Waals surface area contributed by atoms with Crippen molar-refractivity contribution >= 4 is 23.0 Å². The molecule has 0 unspecified atom stereocenters. The van der Waals surface area contributed by atoms with Crippen molar-refractivity contribution in [1.29, 1.82) is 0 Å². The Hall–Kier alpha value is -3.49. The van der Waals surface area contributed by atoms with Gasteiger partial charge < -0.3 is 14.2 Å². The first-order valence-electron chi connectivity index (χ1n) is 8.74. The van der Waals surface area contributed by atoms with Crippen LogP contribution in [-0.2, 0) is 22.6 Å². The van der Waals surface area contributed by atoms with Crippen LogP contribution in [0.25, 0.3) is 11.1 Å². The lowest BCUT2D eigenvalue weighted by molar-refractivity contribution is -0.131. The van der Waals surface area contributed by atoms with Crippen LogP contribution in [0.5, 0.6) is 0 Å². The molecule has 0 saturated carbocycles. The summed E-state index contributed by atoms with van der Waals surface area (Å²) in [5, 5.41) is 3.51. The molecular formula is C19H20N4O5. The third kappa shape index (κ3) is 3.78. The van der Waals surface area contributed by atoms with E-state index in [4.69, 9.17) is 9.26 Å². The van der Waals surface area contributed by atoms with Crippen LogP contribution >= 0.6 is 0 Å². The standard InChI is InChI=1S/C19H20N4O5/c1-4-27-19(26)16-15-17(28-21-16)20-12(2)23(18(15)25)11-14(24)22(3)10-13-8-6-5-7-9-13/h5-9H,4,10-11H2,1-3H3. The first kappa shape index (κ1) is 19.3. The first-order chi connectivity index (χ1) is 13.4. The Balaban J connectivity index is 1.90. The number of benzene rings is 1. The minimum atomic E-state index is -0.775. The molecule has 3 aromatic rings. The van der Waals surface area contributed by atoms with Gasteiger partial charge in [-0.15, -0.1) is 0 Å². The van der Waals surface area contributed by atoms with Gasteiger partial charge in [0.2, 0.25) is 11.6 Å². The lowest BCUT2D eigenvalue weighted by atomic mass is 10.2. The van der Waals surface area contributed by atoms with Gasteiger partial charge in [0.1, 0.15) is 17.8 Å². The van der Waals surface area contributed by atoms with E-state index in [2.05, 4.69) is 10.1 Å². The van der Waals surface area contributed by atoms with Crippen LogP contribution in [0.3, 0.4) is 0 Å². The third-order valence-corrected chi connectivity index (χ3v) is 4.24. The average Bonchev–Trinajstić information content (AvgIpc) is 3.10. The highest BCUT2D eigenvalue weighted by Gasteiger charge is 2.24. The quantitative estimate of drug-likeness (QED) is 0.593. The molecule has 2 aromatic heterocycles. The number of likely N-dealkylation sites (N-methyl/N-ethyl adjacent to an activating group) is 1. The van der Waals surface area contributed by atoms with E-state index >= 15 is 0 Å². The second-order valence-electron chi connectivity index (χ2n) is 6.22. The molecule has 1 aromatic carbocycles. The Kier molecular flexibility index (Phi) is 5.53. The molecule has 0 N–H and O–H groups in total. The van der Waals surface area contributed by atoms with Crippen LogP contribution in [0.2, 0.25) is 0 Å². The fourth-order valence-electron chi connectivity index (χ4n) is 2.77. The van der Waals surface area contributed by atoms with Crippen molar-refractivity contribution in [3.8, 4) is 0 Å². The summed E-state index contributed by atoms with van der Waals surface area (Å²) in [7, 11) is 1.66. The first-order valence-corrected chi connectivity index (χ1v) is 8.74. The maximum Gasteiger partial charge on any atom is 0.361 e. The molecule has 1 amide bonds. The predicted molar refractivity (Wildman–Crippen MR) is 99.7 cm³/mol. The van der Waals surface area contributed by atoms with Crippen LogP contribution in [0.15, 0.2) is 39.6 Å². The molecule has 0 radical (unpaired) electrons. The topological polar surface area (TPSA) is 108 Å². The Morgan fingerprint density at radius 1 is 1.25 bits per heavy atom. The Morgan fingerprint density at radius 2 is 1.96 bits per heavy atom. The second kappa shape index (κ2) is 8.03. The number of carbonyl (C=O) groups excluding carboxylic acids is 2. The zero-order valence-electron chi connectivity index (χ0n) is 15.8. The molecule has 9 heteroatoms. The molecule has 0 atom stereocenters. The molecule has 3 rings (SSSR count). The van der Waals surface area contributed by atoms with E-state index in [-0.39, 0.29) is 41.7 Å². The van der Waals surface area contributed by atoms with Crippen LogP contribution in [0.1, 0.15) is 28.8 Å². The summed E-state index contributed by atoms with van der Waals surface area (Å²) < 4.78 is 11.1. The Bertz CT molecular complexity index is 1070. The van der Waals surface area contributed by atoms with Crippen molar-refractivity contribution in [3.63, 3.8) is 0 Å². The molecule has 0 saturated heterocycles. The highest BCUT2D eigenvalue weighted by atomic mass is 16.5. The van der Waals surface area contributed by atoms with Crippen molar-refractivity contribution in [3.05, 3.63) is 57.8 Å². The maximum absolute atomic E-state index is 12.9. The number of nitrogens with zero attached hydrogens (tertiary/aromatic N) is 4. The van der Waals surface area contributed by atoms with Gasteiger partial charge in [-0.1, -0.05) is 35.5 Å². The molecule has 9 nitrogen and oxygen atoms in total. The zero-order chi connectivity index (χ0) is 20.3. The van der Waals surface area contributed by atoms with Crippen LogP contribution < -0.4 is 5.56 Å². The Morgan fingerprint density at radius 3 is 2.64 bits per heavy atom. The van der Waals surface area contributed by atoms with E-state index in [1.807, 2.05) is 30.3 Å². The third-order valence-electron chi connectivity index (χ3n) is 4.24. The molecule has 0 fully saturated rings. The molecule has 0 bridgehead atoms. The number of esters is 1. The molecule has 146 valence electrons. The van der Waals surface area contributed by atoms with Crippen LogP contribution in [0.4, 0.5) is 0 Å². The van der Waals surface area contributed by atoms with Gasteiger partial charge in [0.25, 0.3) is 11.3 Å². The molecular weight excluding hydrogens is 364 g/mol. The molecule has 28 heavy (non-hydrogen) atoms. The fraction of sp³-hybridized carbons (Fsp3) is 0.316. The molecule has 0 aliphatic heterocycles. The van der Waals surface area contributed by atoms with Crippen molar-refractivity contribution in [2.75, 3.05) is 13.7 Å². The van der Waals surface area contributed by atoms with Crippen molar-refractivity contribution in [2.24, 2.45) is 0 Å². The van der Waals surface area contributed by atoms with Gasteiger partial charge in [-0.05, 0) is 19.4 Å². The number of ether oxygens (including phenoxy) is 1. The van der Waals surface area contributed by atoms with Gasteiger partial charge in [-0.25, -0.2) is 4.79 Å². The highest BCUT2D eigenvalue weighted by Crippen LogP contribution is 2.14. The summed E-state index contributed by atoms with van der Waals surface area (Å²) in [5.41, 5.74) is 0.0907. The van der Waals surface area contributed by atoms with E-state index in [1.54, 1.807) is 20.9 Å². The van der Waals surface area contributed by atoms with E-state index < -0.39 is 11.5 Å². The summed E-state index contributed by atoms with van der Waals surface area (Å²) >= 11 is 0. The van der Waals surface area contributed by atoms with Gasteiger partial charge in [-0.3, -0.25) is 14.2 Å². The summed E-state index contributed by atoms with van der Waals surface area (Å²) in [6.07, 6.45) is 0. The fourth-order valence-corrected chi connectivity index (χ4v) is 2.77. The molecule has 2 heterocycles. The van der Waals surface area contributed by atoms with Crippen molar-refractivity contribution in [1.82, 2.24) is 19.6 Å². The van der Waals surface area contributed by atoms with Crippen LogP contribution in [-0.4, -0.2) is 45.1 Å². The molecule has 0 spiro atoms. The lowest BCUT2D eigenvalue weighted by Gasteiger charge is -2.18. The number of hydrogen-bond acceptors (Lipinski definition) is 7. The van der Waals surface area contributed by atoms with Crippen molar-refractivity contribution in [2.45, 2.75) is 26.9 Å². The van der Waals surface area contributed by atoms with Crippen LogP contribution in [0, 0.1) is 6.92 Å². The van der Waals surface area contributed by atoms with E-state index in [0.717, 1.165) is 5.56 Å². The largest absolute Gasteiger partial charge is 0.461 e. The minimum absolute atomic E-state index is 0.0631. The molecule has 0 aliphatic carbocycles. The summed E-state index contributed by atoms with van der Waals surface area (Å²) in [6.45, 7) is 3.54.